The Morgan fingerprint density at radius 1 is 1.22 bits per heavy atom. The van der Waals surface area contributed by atoms with Crippen LogP contribution in [-0.2, 0) is 0 Å². The van der Waals surface area contributed by atoms with Gasteiger partial charge in [0.1, 0.15) is 10.6 Å². The Bertz CT molecular complexity index is 715. The molecule has 1 aromatic carbocycles. The zero-order valence-corrected chi connectivity index (χ0v) is 12.3. The van der Waals surface area contributed by atoms with Crippen molar-refractivity contribution in [3.63, 3.8) is 0 Å². The molecule has 1 heterocycles. The first-order valence-corrected chi connectivity index (χ1v) is 6.79. The van der Waals surface area contributed by atoms with Crippen LogP contribution < -0.4 is 15.4 Å². The van der Waals surface area contributed by atoms with Gasteiger partial charge in [-0.1, -0.05) is 4.49 Å². The molecule has 3 amide bonds. The van der Waals surface area contributed by atoms with Gasteiger partial charge in [0.15, 0.2) is 0 Å². The van der Waals surface area contributed by atoms with Crippen LogP contribution in [0.5, 0.6) is 5.75 Å². The number of imide groups is 1. The van der Waals surface area contributed by atoms with Crippen LogP contribution in [0.3, 0.4) is 0 Å². The van der Waals surface area contributed by atoms with Gasteiger partial charge in [0, 0.05) is 5.69 Å². The molecule has 0 bridgehead atoms. The fourth-order valence-corrected chi connectivity index (χ4v) is 2.05. The van der Waals surface area contributed by atoms with Gasteiger partial charge >= 0.3 is 12.4 Å². The summed E-state index contributed by atoms with van der Waals surface area (Å²) in [5.41, 5.74) is 0.568. The molecule has 0 aliphatic heterocycles. The van der Waals surface area contributed by atoms with Gasteiger partial charge in [-0.15, -0.1) is 18.3 Å². The minimum absolute atomic E-state index is 0.184. The molecule has 0 aliphatic rings. The highest BCUT2D eigenvalue weighted by molar-refractivity contribution is 7.08. The third kappa shape index (κ3) is 4.92. The number of anilines is 1. The molecule has 0 unspecified atom stereocenters. The highest BCUT2D eigenvalue weighted by Crippen LogP contribution is 2.23. The number of halogens is 3. The summed E-state index contributed by atoms with van der Waals surface area (Å²) in [6.45, 7) is 1.57. The number of ether oxygens (including phenoxy) is 1. The lowest BCUT2D eigenvalue weighted by atomic mass is 10.3. The van der Waals surface area contributed by atoms with E-state index in [9.17, 15) is 22.8 Å². The zero-order valence-electron chi connectivity index (χ0n) is 11.5. The molecule has 122 valence electrons. The van der Waals surface area contributed by atoms with Crippen LogP contribution in [0.1, 0.15) is 15.4 Å². The summed E-state index contributed by atoms with van der Waals surface area (Å²) in [5.74, 6) is -1.10. The van der Waals surface area contributed by atoms with Crippen molar-refractivity contribution in [2.45, 2.75) is 13.3 Å². The first-order chi connectivity index (χ1) is 10.7. The van der Waals surface area contributed by atoms with Crippen LogP contribution >= 0.6 is 11.5 Å². The van der Waals surface area contributed by atoms with E-state index in [1.54, 1.807) is 6.92 Å². The van der Waals surface area contributed by atoms with Crippen LogP contribution in [0.25, 0.3) is 0 Å². The quantitative estimate of drug-likeness (QED) is 0.891. The van der Waals surface area contributed by atoms with Gasteiger partial charge < -0.3 is 10.1 Å². The summed E-state index contributed by atoms with van der Waals surface area (Å²) in [6, 6.07) is 3.62. The van der Waals surface area contributed by atoms with Crippen molar-refractivity contribution < 1.29 is 27.5 Å². The van der Waals surface area contributed by atoms with E-state index < -0.39 is 24.1 Å². The van der Waals surface area contributed by atoms with Gasteiger partial charge in [-0.25, -0.2) is 4.79 Å². The number of hydrogen-bond acceptors (Lipinski definition) is 6. The summed E-state index contributed by atoms with van der Waals surface area (Å²) in [6.07, 6.45) is -4.79. The Morgan fingerprint density at radius 3 is 2.39 bits per heavy atom. The topological polar surface area (TPSA) is 93.2 Å². The molecule has 0 spiro atoms. The van der Waals surface area contributed by atoms with Crippen molar-refractivity contribution in [1.29, 1.82) is 0 Å². The molecule has 23 heavy (non-hydrogen) atoms. The average molecular weight is 346 g/mol. The van der Waals surface area contributed by atoms with Crippen LogP contribution in [0.4, 0.5) is 23.7 Å². The maximum atomic E-state index is 12.0. The van der Waals surface area contributed by atoms with E-state index in [-0.39, 0.29) is 10.6 Å². The van der Waals surface area contributed by atoms with Crippen LogP contribution in [-0.4, -0.2) is 27.9 Å². The van der Waals surface area contributed by atoms with Crippen molar-refractivity contribution >= 4 is 29.2 Å². The molecule has 2 aromatic rings. The van der Waals surface area contributed by atoms with Crippen LogP contribution in [0, 0.1) is 6.92 Å². The van der Waals surface area contributed by atoms with E-state index in [4.69, 9.17) is 0 Å². The smallest absolute Gasteiger partial charge is 0.406 e. The van der Waals surface area contributed by atoms with Gasteiger partial charge in [-0.2, -0.15) is 0 Å². The van der Waals surface area contributed by atoms with Crippen molar-refractivity contribution in [3.05, 3.63) is 34.8 Å². The van der Waals surface area contributed by atoms with Crippen LogP contribution in [0.2, 0.25) is 0 Å². The fraction of sp³-hybridized carbons (Fsp3) is 0.167. The van der Waals surface area contributed by atoms with E-state index in [0.29, 0.717) is 5.69 Å². The Balaban J connectivity index is 1.93. The van der Waals surface area contributed by atoms with E-state index in [0.717, 1.165) is 23.7 Å². The second-order valence-electron chi connectivity index (χ2n) is 4.17. The van der Waals surface area contributed by atoms with Crippen LogP contribution in [0.15, 0.2) is 24.3 Å². The second-order valence-corrected chi connectivity index (χ2v) is 4.92. The number of carbonyl (C=O) groups is 2. The lowest BCUT2D eigenvalue weighted by Gasteiger charge is -2.10. The molecule has 0 radical (unpaired) electrons. The lowest BCUT2D eigenvalue weighted by molar-refractivity contribution is -0.274. The number of rotatable bonds is 3. The summed E-state index contributed by atoms with van der Waals surface area (Å²) in [7, 11) is 0. The summed E-state index contributed by atoms with van der Waals surface area (Å²) in [4.78, 5) is 23.6. The van der Waals surface area contributed by atoms with Crippen molar-refractivity contribution in [2.24, 2.45) is 0 Å². The predicted octanol–water partition coefficient (Wildman–Crippen LogP) is 2.71. The normalized spacial score (nSPS) is 11.0. The van der Waals surface area contributed by atoms with Gasteiger partial charge in [0.2, 0.25) is 0 Å². The highest BCUT2D eigenvalue weighted by Gasteiger charge is 2.30. The molecule has 0 aliphatic carbocycles. The largest absolute Gasteiger partial charge is 0.573 e. The Morgan fingerprint density at radius 2 is 1.87 bits per heavy atom. The first-order valence-electron chi connectivity index (χ1n) is 6.02. The van der Waals surface area contributed by atoms with E-state index in [1.807, 2.05) is 0 Å². The number of urea groups is 1. The van der Waals surface area contributed by atoms with E-state index in [1.165, 1.54) is 12.1 Å². The standard InChI is InChI=1S/C12H9F3N4O3S/c1-6-9(23-19-18-6)10(20)17-11(21)16-7-2-4-8(5-3-7)22-12(13,14)15/h2-5H,1H3,(H2,16,17,20,21). The number of nitrogens with zero attached hydrogens (tertiary/aromatic N) is 2. The second kappa shape index (κ2) is 6.60. The SMILES string of the molecule is Cc1nnsc1C(=O)NC(=O)Nc1ccc(OC(F)(F)F)cc1. The van der Waals surface area contributed by atoms with Gasteiger partial charge in [-0.05, 0) is 42.7 Å². The fourth-order valence-electron chi connectivity index (χ4n) is 1.50. The lowest BCUT2D eigenvalue weighted by Crippen LogP contribution is -2.34. The Hall–Kier alpha value is -2.69. The number of hydrogen-bond donors (Lipinski definition) is 2. The monoisotopic (exact) mass is 346 g/mol. The van der Waals surface area contributed by atoms with E-state index in [2.05, 4.69) is 25.0 Å². The molecule has 0 saturated heterocycles. The van der Waals surface area contributed by atoms with Crippen molar-refractivity contribution in [1.82, 2.24) is 14.9 Å². The summed E-state index contributed by atoms with van der Waals surface area (Å²) < 4.78 is 43.3. The molecule has 1 aromatic heterocycles. The number of carbonyl (C=O) groups excluding carboxylic acids is 2. The Labute approximate surface area is 131 Å². The van der Waals surface area contributed by atoms with Crippen molar-refractivity contribution in [3.8, 4) is 5.75 Å². The number of amides is 3. The number of benzene rings is 1. The van der Waals surface area contributed by atoms with Crippen molar-refractivity contribution in [2.75, 3.05) is 5.32 Å². The first kappa shape index (κ1) is 16.7. The molecule has 2 rings (SSSR count). The minimum Gasteiger partial charge on any atom is -0.406 e. The minimum atomic E-state index is -4.79. The maximum Gasteiger partial charge on any atom is 0.573 e. The number of aromatic nitrogens is 2. The third-order valence-electron chi connectivity index (χ3n) is 2.43. The summed E-state index contributed by atoms with van der Waals surface area (Å²) in [5, 5.41) is 7.99. The number of aryl methyl sites for hydroxylation is 1. The van der Waals surface area contributed by atoms with Gasteiger partial charge in [-0.3, -0.25) is 10.1 Å². The summed E-state index contributed by atoms with van der Waals surface area (Å²) >= 11 is 0.837. The maximum absolute atomic E-state index is 12.0. The highest BCUT2D eigenvalue weighted by atomic mass is 32.1. The predicted molar refractivity (Wildman–Crippen MR) is 74.3 cm³/mol. The van der Waals surface area contributed by atoms with E-state index >= 15 is 0 Å². The number of alkyl halides is 3. The Kier molecular flexibility index (Phi) is 4.79. The average Bonchev–Trinajstić information content (AvgIpc) is 2.85. The molecule has 0 fully saturated rings. The molecule has 0 saturated carbocycles. The zero-order chi connectivity index (χ0) is 17.0. The molecular formula is C12H9F3N4O3S. The number of nitrogens with one attached hydrogen (secondary N) is 2. The van der Waals surface area contributed by atoms with Gasteiger partial charge in [0.05, 0.1) is 5.69 Å². The molecular weight excluding hydrogens is 337 g/mol. The molecule has 2 N–H and O–H groups in total. The third-order valence-corrected chi connectivity index (χ3v) is 3.26. The molecule has 7 nitrogen and oxygen atoms in total. The van der Waals surface area contributed by atoms with Gasteiger partial charge in [0.25, 0.3) is 5.91 Å². The molecule has 11 heteroatoms. The molecule has 0 atom stereocenters.